The average molecular weight is 266 g/mol. The molecule has 1 aromatic carbocycles. The maximum atomic E-state index is 13.1. The van der Waals surface area contributed by atoms with Crippen molar-refractivity contribution in [2.75, 3.05) is 6.54 Å². The Morgan fingerprint density at radius 2 is 2.23 bits per heavy atom. The Morgan fingerprint density at radius 3 is 2.77 bits per heavy atom. The molecule has 0 unspecified atom stereocenters. The molecule has 0 saturated heterocycles. The van der Waals surface area contributed by atoms with Crippen molar-refractivity contribution < 1.29 is 9.18 Å². The van der Waals surface area contributed by atoms with E-state index in [1.54, 1.807) is 0 Å². The van der Waals surface area contributed by atoms with Gasteiger partial charge < -0.3 is 5.73 Å². The van der Waals surface area contributed by atoms with Gasteiger partial charge in [-0.25, -0.2) is 4.39 Å². The fourth-order valence-corrected chi connectivity index (χ4v) is 1.33. The molecule has 2 N–H and O–H groups in total. The summed E-state index contributed by atoms with van der Waals surface area (Å²) in [5.74, 6) is -1.08. The van der Waals surface area contributed by atoms with Gasteiger partial charge >= 0.3 is 0 Å². The molecule has 0 heterocycles. The molecule has 0 fully saturated rings. The Bertz CT molecular complexity index is 356. The first-order chi connectivity index (χ1) is 6.06. The lowest BCUT2D eigenvalue weighted by Crippen LogP contribution is -2.15. The summed E-state index contributed by atoms with van der Waals surface area (Å²) in [6.45, 7) is -0.227. The zero-order valence-corrected chi connectivity index (χ0v) is 8.82. The van der Waals surface area contributed by atoms with Crippen LogP contribution in [0.15, 0.2) is 16.6 Å². The molecular formula is C8H6BrClFNO. The summed E-state index contributed by atoms with van der Waals surface area (Å²) in [7, 11) is 0. The Balaban J connectivity index is 3.23. The quantitative estimate of drug-likeness (QED) is 0.660. The third kappa shape index (κ3) is 2.27. The summed E-state index contributed by atoms with van der Waals surface area (Å²) < 4.78 is 13.5. The molecule has 0 bridgehead atoms. The second-order valence-electron chi connectivity index (χ2n) is 2.37. The van der Waals surface area contributed by atoms with Crippen LogP contribution in [-0.2, 0) is 0 Å². The predicted octanol–water partition coefficient (Wildman–Crippen LogP) is 2.38. The largest absolute Gasteiger partial charge is 0.324 e. The Kier molecular flexibility index (Phi) is 3.41. The summed E-state index contributed by atoms with van der Waals surface area (Å²) in [5.41, 5.74) is 5.02. The highest BCUT2D eigenvalue weighted by molar-refractivity contribution is 9.10. The van der Waals surface area contributed by atoms with Crippen LogP contribution in [0.2, 0.25) is 5.02 Å². The van der Waals surface area contributed by atoms with Crippen LogP contribution in [0.1, 0.15) is 10.4 Å². The zero-order valence-electron chi connectivity index (χ0n) is 6.48. The lowest BCUT2D eigenvalue weighted by Gasteiger charge is -2.02. The van der Waals surface area contributed by atoms with Gasteiger partial charge in [0.15, 0.2) is 5.78 Å². The summed E-state index contributed by atoms with van der Waals surface area (Å²) in [6.07, 6.45) is 0. The van der Waals surface area contributed by atoms with E-state index in [-0.39, 0.29) is 12.1 Å². The molecule has 0 atom stereocenters. The van der Waals surface area contributed by atoms with Crippen molar-refractivity contribution in [2.24, 2.45) is 5.73 Å². The van der Waals surface area contributed by atoms with Crippen molar-refractivity contribution in [3.63, 3.8) is 0 Å². The number of nitrogens with two attached hydrogens (primary N) is 1. The van der Waals surface area contributed by atoms with Crippen LogP contribution >= 0.6 is 27.5 Å². The fourth-order valence-electron chi connectivity index (χ4n) is 0.846. The molecule has 2 nitrogen and oxygen atoms in total. The van der Waals surface area contributed by atoms with Crippen molar-refractivity contribution in [1.82, 2.24) is 0 Å². The van der Waals surface area contributed by atoms with Crippen LogP contribution in [0, 0.1) is 5.82 Å². The molecule has 5 heteroatoms. The standard InChI is InChI=1S/C8H6BrClFNO/c9-5-2-7(11)4(1-6(5)10)8(13)3-12/h1-2H,3,12H2. The number of hydrogen-bond donors (Lipinski definition) is 1. The van der Waals surface area contributed by atoms with Crippen molar-refractivity contribution in [2.45, 2.75) is 0 Å². The van der Waals surface area contributed by atoms with Crippen LogP contribution in [0.25, 0.3) is 0 Å². The van der Waals surface area contributed by atoms with Gasteiger partial charge in [-0.1, -0.05) is 11.6 Å². The van der Waals surface area contributed by atoms with Gasteiger partial charge in [-0.15, -0.1) is 0 Å². The van der Waals surface area contributed by atoms with Crippen LogP contribution < -0.4 is 5.73 Å². The molecular weight excluding hydrogens is 260 g/mol. The third-order valence-electron chi connectivity index (χ3n) is 1.50. The number of carbonyl (C=O) groups excluding carboxylic acids is 1. The van der Waals surface area contributed by atoms with Crippen LogP contribution in [0.5, 0.6) is 0 Å². The number of carbonyl (C=O) groups is 1. The maximum absolute atomic E-state index is 13.1. The minimum atomic E-state index is -0.619. The second kappa shape index (κ2) is 4.17. The van der Waals surface area contributed by atoms with Crippen molar-refractivity contribution in [3.8, 4) is 0 Å². The Hall–Kier alpha value is -0.450. The summed E-state index contributed by atoms with van der Waals surface area (Å²) >= 11 is 8.72. The van der Waals surface area contributed by atoms with Crippen LogP contribution in [-0.4, -0.2) is 12.3 Å². The van der Waals surface area contributed by atoms with E-state index in [4.69, 9.17) is 17.3 Å². The summed E-state index contributed by atoms with van der Waals surface area (Å²) in [6, 6.07) is 2.40. The van der Waals surface area contributed by atoms with Crippen LogP contribution in [0.4, 0.5) is 4.39 Å². The maximum Gasteiger partial charge on any atom is 0.179 e. The topological polar surface area (TPSA) is 43.1 Å². The van der Waals surface area contributed by atoms with Gasteiger partial charge in [0.1, 0.15) is 5.82 Å². The second-order valence-corrected chi connectivity index (χ2v) is 3.64. The molecule has 0 aliphatic rings. The minimum Gasteiger partial charge on any atom is -0.324 e. The van der Waals surface area contributed by atoms with Gasteiger partial charge in [0.05, 0.1) is 17.1 Å². The van der Waals surface area contributed by atoms with Crippen molar-refractivity contribution in [3.05, 3.63) is 33.0 Å². The highest BCUT2D eigenvalue weighted by Crippen LogP contribution is 2.25. The average Bonchev–Trinajstić information content (AvgIpc) is 2.10. The number of halogens is 3. The van der Waals surface area contributed by atoms with E-state index in [1.807, 2.05) is 0 Å². The van der Waals surface area contributed by atoms with Gasteiger partial charge in [-0.3, -0.25) is 4.79 Å². The normalized spacial score (nSPS) is 10.2. The van der Waals surface area contributed by atoms with Crippen LogP contribution in [0.3, 0.4) is 0 Å². The van der Waals surface area contributed by atoms with Gasteiger partial charge in [-0.2, -0.15) is 0 Å². The molecule has 0 spiro atoms. The molecule has 0 amide bonds. The first-order valence-corrected chi connectivity index (χ1v) is 4.61. The molecule has 1 aromatic rings. The Morgan fingerprint density at radius 1 is 1.62 bits per heavy atom. The molecule has 13 heavy (non-hydrogen) atoms. The van der Waals surface area contributed by atoms with E-state index in [2.05, 4.69) is 15.9 Å². The first-order valence-electron chi connectivity index (χ1n) is 3.44. The van der Waals surface area contributed by atoms with Gasteiger partial charge in [0, 0.05) is 4.47 Å². The molecule has 0 radical (unpaired) electrons. The van der Waals surface area contributed by atoms with E-state index < -0.39 is 11.6 Å². The smallest absolute Gasteiger partial charge is 0.179 e. The van der Waals surface area contributed by atoms with E-state index in [0.717, 1.165) is 6.07 Å². The minimum absolute atomic E-state index is 0.0734. The molecule has 70 valence electrons. The molecule has 0 aromatic heterocycles. The number of rotatable bonds is 2. The van der Waals surface area contributed by atoms with Gasteiger partial charge in [-0.05, 0) is 28.1 Å². The SMILES string of the molecule is NCC(=O)c1cc(Cl)c(Br)cc1F. The monoisotopic (exact) mass is 265 g/mol. The van der Waals surface area contributed by atoms with E-state index >= 15 is 0 Å². The molecule has 0 aliphatic heterocycles. The lowest BCUT2D eigenvalue weighted by atomic mass is 10.1. The summed E-state index contributed by atoms with van der Waals surface area (Å²) in [4.78, 5) is 11.1. The molecule has 0 saturated carbocycles. The van der Waals surface area contributed by atoms with Gasteiger partial charge in [0.25, 0.3) is 0 Å². The zero-order chi connectivity index (χ0) is 10.0. The highest BCUT2D eigenvalue weighted by Gasteiger charge is 2.12. The number of Topliss-reactive ketones (excluding diaryl/α,β-unsaturated/α-hetero) is 1. The van der Waals surface area contributed by atoms with E-state index in [0.29, 0.717) is 9.50 Å². The van der Waals surface area contributed by atoms with Crippen molar-refractivity contribution in [1.29, 1.82) is 0 Å². The molecule has 1 rings (SSSR count). The lowest BCUT2D eigenvalue weighted by molar-refractivity contribution is 0.0997. The van der Waals surface area contributed by atoms with Gasteiger partial charge in [0.2, 0.25) is 0 Å². The third-order valence-corrected chi connectivity index (χ3v) is 2.69. The fraction of sp³-hybridized carbons (Fsp3) is 0.125. The number of ketones is 1. The number of hydrogen-bond acceptors (Lipinski definition) is 2. The van der Waals surface area contributed by atoms with Crippen molar-refractivity contribution >= 4 is 33.3 Å². The summed E-state index contributed by atoms with van der Waals surface area (Å²) in [5, 5.41) is 0.290. The number of benzene rings is 1. The van der Waals surface area contributed by atoms with E-state index in [1.165, 1.54) is 6.07 Å². The van der Waals surface area contributed by atoms with E-state index in [9.17, 15) is 9.18 Å². The molecule has 0 aliphatic carbocycles. The highest BCUT2D eigenvalue weighted by atomic mass is 79.9. The Labute approximate surface area is 88.0 Å². The first kappa shape index (κ1) is 10.6. The predicted molar refractivity (Wildman–Crippen MR) is 52.5 cm³/mol.